The molecule has 111 heavy (non-hydrogen) atoms. The van der Waals surface area contributed by atoms with Gasteiger partial charge in [-0.1, -0.05) is 380 Å². The minimum Gasteiger partial charge on any atom is -0.0622 e. The number of benzene rings is 20. The Bertz CT molecular complexity index is 7260. The lowest BCUT2D eigenvalue weighted by molar-refractivity contribution is 0.666. The summed E-state index contributed by atoms with van der Waals surface area (Å²) in [4.78, 5) is 0. The van der Waals surface area contributed by atoms with Crippen molar-refractivity contribution in [3.8, 4) is 100 Å². The molecule has 0 aliphatic heterocycles. The maximum atomic E-state index is 2.55. The third-order valence-electron chi connectivity index (χ3n) is 26.0. The Morgan fingerprint density at radius 3 is 0.784 bits per heavy atom. The van der Waals surface area contributed by atoms with Crippen LogP contribution in [0.1, 0.15) is 72.2 Å². The topological polar surface area (TPSA) is 0 Å². The van der Waals surface area contributed by atoms with E-state index in [0.29, 0.717) is 0 Å². The van der Waals surface area contributed by atoms with E-state index in [9.17, 15) is 0 Å². The molecule has 1 spiro atoms. The fraction of sp³-hybridized carbons (Fsp3) is 0.0631. The summed E-state index contributed by atoms with van der Waals surface area (Å²) < 4.78 is 0. The van der Waals surface area contributed by atoms with Crippen molar-refractivity contribution in [3.05, 3.63) is 421 Å². The minimum atomic E-state index is -0.398. The van der Waals surface area contributed by atoms with Crippen LogP contribution in [-0.4, -0.2) is 0 Å². The highest BCUT2D eigenvalue weighted by atomic mass is 14.5. The molecule has 0 amide bonds. The van der Waals surface area contributed by atoms with Crippen molar-refractivity contribution in [2.24, 2.45) is 0 Å². The molecule has 518 valence electrons. The van der Waals surface area contributed by atoms with E-state index in [1.165, 1.54) is 231 Å². The normalized spacial score (nSPS) is 14.0. The molecular weight excluding hydrogens is 1330 g/mol. The zero-order chi connectivity index (χ0) is 73.6. The number of hydrogen-bond donors (Lipinski definition) is 0. The zero-order valence-corrected chi connectivity index (χ0v) is 62.3. The second-order valence-electron chi connectivity index (χ2n) is 32.2. The highest BCUT2D eigenvalue weighted by Crippen LogP contribution is 2.65. The van der Waals surface area contributed by atoms with Crippen molar-refractivity contribution in [2.75, 3.05) is 0 Å². The van der Waals surface area contributed by atoms with Gasteiger partial charge in [-0.05, 0) is 255 Å². The molecule has 4 aliphatic rings. The predicted octanol–water partition coefficient (Wildman–Crippen LogP) is 29.9. The first-order chi connectivity index (χ1) is 54.6. The first kappa shape index (κ1) is 63.6. The largest absolute Gasteiger partial charge is 0.0725 e. The Hall–Kier alpha value is -13.5. The van der Waals surface area contributed by atoms with Crippen molar-refractivity contribution >= 4 is 86.2 Å². The lowest BCUT2D eigenvalue weighted by atomic mass is 9.70. The van der Waals surface area contributed by atoms with Crippen molar-refractivity contribution < 1.29 is 0 Å². The Morgan fingerprint density at radius 1 is 0.144 bits per heavy atom. The quantitative estimate of drug-likeness (QED) is 0.119. The second-order valence-corrected chi connectivity index (χ2v) is 32.2. The Morgan fingerprint density at radius 2 is 0.405 bits per heavy atom. The van der Waals surface area contributed by atoms with Crippen LogP contribution in [0, 0.1) is 0 Å². The molecule has 0 N–H and O–H groups in total. The van der Waals surface area contributed by atoms with Gasteiger partial charge in [-0.3, -0.25) is 0 Å². The fourth-order valence-corrected chi connectivity index (χ4v) is 21.5. The third-order valence-corrected chi connectivity index (χ3v) is 26.0. The van der Waals surface area contributed by atoms with Gasteiger partial charge in [-0.25, -0.2) is 0 Å². The SMILES string of the molecule is CC1(C)c2ccc(-c3c4ccccc4c(-c4ccc5c(c4)C4(c6ccccc6-c6ccccc64)c4ccccc4-5)c4ccccc34)cc2-c2c1c1ccccc1c1ccccc21.CC1(C)c2ccc(-c3c4ccccc4c(-c4cccc(-c5ccccc5)c4)c4ccccc34)cc2-c2c1c1ccccc1c1ccccc21. The molecule has 0 heterocycles. The highest BCUT2D eigenvalue weighted by molar-refractivity contribution is 6.26. The first-order valence-corrected chi connectivity index (χ1v) is 39.3. The molecular formula is C111H74. The Kier molecular flexibility index (Phi) is 13.6. The van der Waals surface area contributed by atoms with E-state index < -0.39 is 5.41 Å². The lowest BCUT2D eigenvalue weighted by Gasteiger charge is -2.31. The molecule has 20 aromatic carbocycles. The molecule has 0 aromatic heterocycles. The molecule has 0 heteroatoms. The van der Waals surface area contributed by atoms with E-state index in [1.807, 2.05) is 0 Å². The van der Waals surface area contributed by atoms with Crippen LogP contribution in [0.3, 0.4) is 0 Å². The van der Waals surface area contributed by atoms with Crippen LogP contribution in [0.15, 0.2) is 376 Å². The number of rotatable bonds is 5. The second kappa shape index (κ2) is 23.7. The van der Waals surface area contributed by atoms with E-state index in [2.05, 4.69) is 404 Å². The van der Waals surface area contributed by atoms with Gasteiger partial charge in [-0.2, -0.15) is 0 Å². The fourth-order valence-electron chi connectivity index (χ4n) is 21.5. The molecule has 24 rings (SSSR count). The molecule has 20 aromatic rings. The minimum absolute atomic E-state index is 0.120. The van der Waals surface area contributed by atoms with Gasteiger partial charge >= 0.3 is 0 Å². The summed E-state index contributed by atoms with van der Waals surface area (Å²) in [5, 5.41) is 20.9. The average molecular weight is 1410 g/mol. The van der Waals surface area contributed by atoms with Crippen LogP contribution < -0.4 is 0 Å². The monoisotopic (exact) mass is 1410 g/mol. The predicted molar refractivity (Wildman–Crippen MR) is 472 cm³/mol. The van der Waals surface area contributed by atoms with Crippen molar-refractivity contribution in [1.82, 2.24) is 0 Å². The smallest absolute Gasteiger partial charge is 0.0622 e. The van der Waals surface area contributed by atoms with E-state index in [4.69, 9.17) is 0 Å². The molecule has 4 aliphatic carbocycles. The summed E-state index contributed by atoms with van der Waals surface area (Å²) in [6, 6.07) is 141. The third kappa shape index (κ3) is 8.82. The summed E-state index contributed by atoms with van der Waals surface area (Å²) in [5.74, 6) is 0. The van der Waals surface area contributed by atoms with Crippen LogP contribution in [0.4, 0.5) is 0 Å². The lowest BCUT2D eigenvalue weighted by Crippen LogP contribution is -2.25. The summed E-state index contributed by atoms with van der Waals surface area (Å²) in [6.07, 6.45) is 0. The number of fused-ring (bicyclic) bond motifs is 30. The van der Waals surface area contributed by atoms with Crippen LogP contribution in [0.25, 0.3) is 186 Å². The van der Waals surface area contributed by atoms with Crippen LogP contribution in [0.5, 0.6) is 0 Å². The first-order valence-electron chi connectivity index (χ1n) is 39.3. The van der Waals surface area contributed by atoms with Gasteiger partial charge in [0.1, 0.15) is 0 Å². The molecule has 0 bridgehead atoms. The van der Waals surface area contributed by atoms with Gasteiger partial charge in [0.05, 0.1) is 5.41 Å². The van der Waals surface area contributed by atoms with E-state index >= 15 is 0 Å². The van der Waals surface area contributed by atoms with Gasteiger partial charge in [0, 0.05) is 10.8 Å². The highest BCUT2D eigenvalue weighted by Gasteiger charge is 2.52. The molecule has 0 nitrogen and oxygen atoms in total. The summed E-state index contributed by atoms with van der Waals surface area (Å²) in [7, 11) is 0. The zero-order valence-electron chi connectivity index (χ0n) is 62.3. The van der Waals surface area contributed by atoms with Gasteiger partial charge < -0.3 is 0 Å². The van der Waals surface area contributed by atoms with Crippen LogP contribution in [-0.2, 0) is 16.2 Å². The van der Waals surface area contributed by atoms with E-state index in [0.717, 1.165) is 0 Å². The number of hydrogen-bond acceptors (Lipinski definition) is 0. The average Bonchev–Trinajstić information content (AvgIpc) is 1.52. The molecule has 0 radical (unpaired) electrons. The van der Waals surface area contributed by atoms with Gasteiger partial charge in [0.15, 0.2) is 0 Å². The standard InChI is InChI=1S/C62H40.C49H34/c1-61(2)52-34-32-37(35-51(52)59-45-22-5-3-17-39(45)40-18-4-10-27-50(40)60(59)61)57-46-23-6-8-25-48(46)58(49-26-9-7-24-47(49)57)38-31-33-44-43-21-13-16-30-55(43)62(56(44)36-38)53-28-14-11-19-41(53)42-20-12-15-29-54(42)62;1-49(2)44-28-27-34(30-43(44)47-37-21-8-6-19-35(37)36-20-7-13-26-42(36)48(47)49)46-40-24-11-9-22-38(40)45(39-23-10-12-25-41(39)46)33-18-14-17-32(29-33)31-15-4-3-5-16-31/h3-36H,1-2H3;3-30H,1-2H3. The molecule has 0 fully saturated rings. The summed E-state index contributed by atoms with van der Waals surface area (Å²) in [6.45, 7) is 9.64. The Labute approximate surface area is 646 Å². The van der Waals surface area contributed by atoms with Crippen LogP contribution >= 0.6 is 0 Å². The van der Waals surface area contributed by atoms with Crippen molar-refractivity contribution in [1.29, 1.82) is 0 Å². The van der Waals surface area contributed by atoms with Crippen LogP contribution in [0.2, 0.25) is 0 Å². The molecule has 0 unspecified atom stereocenters. The molecule has 0 saturated heterocycles. The van der Waals surface area contributed by atoms with Gasteiger partial charge in [0.2, 0.25) is 0 Å². The van der Waals surface area contributed by atoms with Crippen molar-refractivity contribution in [2.45, 2.75) is 43.9 Å². The maximum absolute atomic E-state index is 2.55. The molecule has 0 atom stereocenters. The maximum Gasteiger partial charge on any atom is 0.0725 e. The van der Waals surface area contributed by atoms with E-state index in [1.54, 1.807) is 0 Å². The van der Waals surface area contributed by atoms with E-state index in [-0.39, 0.29) is 10.8 Å². The van der Waals surface area contributed by atoms with Gasteiger partial charge in [-0.15, -0.1) is 0 Å². The summed E-state index contributed by atoms with van der Waals surface area (Å²) >= 11 is 0. The molecule has 0 saturated carbocycles. The van der Waals surface area contributed by atoms with Crippen molar-refractivity contribution in [3.63, 3.8) is 0 Å². The Balaban J connectivity index is 0.000000137. The summed E-state index contributed by atoms with van der Waals surface area (Å²) in [5.41, 5.74) is 33.9. The van der Waals surface area contributed by atoms with Gasteiger partial charge in [0.25, 0.3) is 0 Å².